The van der Waals surface area contributed by atoms with Crippen molar-refractivity contribution < 1.29 is 13.2 Å². The molecule has 1 saturated heterocycles. The van der Waals surface area contributed by atoms with E-state index < -0.39 is 10.0 Å². The predicted molar refractivity (Wildman–Crippen MR) is 86.7 cm³/mol. The smallest absolute Gasteiger partial charge is 0.243 e. The van der Waals surface area contributed by atoms with E-state index >= 15 is 0 Å². The van der Waals surface area contributed by atoms with Crippen LogP contribution in [-0.2, 0) is 10.0 Å². The molecule has 0 aliphatic carbocycles. The molecule has 0 atom stereocenters. The fourth-order valence-corrected chi connectivity index (χ4v) is 4.41. The van der Waals surface area contributed by atoms with Crippen LogP contribution in [0.1, 0.15) is 6.92 Å². The molecule has 1 heterocycles. The lowest BCUT2D eigenvalue weighted by molar-refractivity contribution is 0.344. The van der Waals surface area contributed by atoms with Gasteiger partial charge in [0.25, 0.3) is 0 Å². The van der Waals surface area contributed by atoms with Gasteiger partial charge in [-0.1, -0.05) is 24.3 Å². The van der Waals surface area contributed by atoms with Crippen LogP contribution in [0.4, 0.5) is 0 Å². The molecule has 1 N–H and O–H groups in total. The predicted octanol–water partition coefficient (Wildman–Crippen LogP) is 1.83. The lowest BCUT2D eigenvalue weighted by atomic mass is 10.1. The molecular weight excluding hydrogens is 300 g/mol. The molecule has 1 aliphatic heterocycles. The third-order valence-electron chi connectivity index (χ3n) is 3.84. The first-order valence-corrected chi connectivity index (χ1v) is 8.94. The van der Waals surface area contributed by atoms with E-state index in [0.29, 0.717) is 43.1 Å². The van der Waals surface area contributed by atoms with Crippen molar-refractivity contribution in [2.24, 2.45) is 0 Å². The molecule has 5 nitrogen and oxygen atoms in total. The second kappa shape index (κ2) is 6.24. The van der Waals surface area contributed by atoms with Gasteiger partial charge < -0.3 is 10.1 Å². The maximum absolute atomic E-state index is 12.9. The van der Waals surface area contributed by atoms with Crippen LogP contribution in [0.3, 0.4) is 0 Å². The molecule has 0 bridgehead atoms. The van der Waals surface area contributed by atoms with Crippen molar-refractivity contribution in [2.75, 3.05) is 32.8 Å². The van der Waals surface area contributed by atoms with Crippen molar-refractivity contribution in [3.8, 4) is 5.75 Å². The van der Waals surface area contributed by atoms with Crippen LogP contribution in [0.5, 0.6) is 5.75 Å². The van der Waals surface area contributed by atoms with Gasteiger partial charge in [-0.15, -0.1) is 0 Å². The van der Waals surface area contributed by atoms with Gasteiger partial charge in [0.05, 0.1) is 11.5 Å². The SMILES string of the molecule is CCOc1ccc(S(=O)(=O)N2CCNCC2)c2ccccc12. The number of nitrogens with zero attached hydrogens (tertiary/aromatic N) is 1. The number of ether oxygens (including phenoxy) is 1. The zero-order valence-electron chi connectivity index (χ0n) is 12.6. The highest BCUT2D eigenvalue weighted by Gasteiger charge is 2.27. The van der Waals surface area contributed by atoms with Crippen molar-refractivity contribution in [3.63, 3.8) is 0 Å². The van der Waals surface area contributed by atoms with Crippen molar-refractivity contribution in [3.05, 3.63) is 36.4 Å². The summed E-state index contributed by atoms with van der Waals surface area (Å²) in [5.74, 6) is 0.720. The van der Waals surface area contributed by atoms with Gasteiger partial charge in [-0.2, -0.15) is 4.31 Å². The van der Waals surface area contributed by atoms with E-state index in [4.69, 9.17) is 4.74 Å². The monoisotopic (exact) mass is 320 g/mol. The minimum Gasteiger partial charge on any atom is -0.493 e. The van der Waals surface area contributed by atoms with Gasteiger partial charge in [0.2, 0.25) is 10.0 Å². The van der Waals surface area contributed by atoms with Crippen LogP contribution < -0.4 is 10.1 Å². The average molecular weight is 320 g/mol. The Morgan fingerprint density at radius 2 is 1.77 bits per heavy atom. The zero-order chi connectivity index (χ0) is 15.6. The number of rotatable bonds is 4. The summed E-state index contributed by atoms with van der Waals surface area (Å²) in [7, 11) is -3.48. The first kappa shape index (κ1) is 15.3. The summed E-state index contributed by atoms with van der Waals surface area (Å²) in [5.41, 5.74) is 0. The number of piperazine rings is 1. The second-order valence-corrected chi connectivity index (χ2v) is 7.10. The lowest BCUT2D eigenvalue weighted by Gasteiger charge is -2.27. The van der Waals surface area contributed by atoms with E-state index in [9.17, 15) is 8.42 Å². The summed E-state index contributed by atoms with van der Waals surface area (Å²) in [6.45, 7) is 4.85. The molecule has 3 rings (SSSR count). The molecule has 118 valence electrons. The third-order valence-corrected chi connectivity index (χ3v) is 5.79. The molecular formula is C16H20N2O3S. The van der Waals surface area contributed by atoms with Crippen LogP contribution in [0.15, 0.2) is 41.3 Å². The third kappa shape index (κ3) is 2.69. The molecule has 0 amide bonds. The molecule has 0 radical (unpaired) electrons. The van der Waals surface area contributed by atoms with Crippen LogP contribution in [0.25, 0.3) is 10.8 Å². The summed E-state index contributed by atoms with van der Waals surface area (Å²) in [4.78, 5) is 0.355. The Balaban J connectivity index is 2.13. The highest BCUT2D eigenvalue weighted by atomic mass is 32.2. The number of benzene rings is 2. The molecule has 1 fully saturated rings. The van der Waals surface area contributed by atoms with Crippen LogP contribution in [0.2, 0.25) is 0 Å². The molecule has 2 aromatic carbocycles. The molecule has 0 spiro atoms. The van der Waals surface area contributed by atoms with Crippen LogP contribution in [-0.4, -0.2) is 45.5 Å². The maximum atomic E-state index is 12.9. The van der Waals surface area contributed by atoms with Crippen LogP contribution in [0, 0.1) is 0 Å². The fraction of sp³-hybridized carbons (Fsp3) is 0.375. The van der Waals surface area contributed by atoms with E-state index in [1.165, 1.54) is 0 Å². The van der Waals surface area contributed by atoms with Crippen molar-refractivity contribution in [1.29, 1.82) is 0 Å². The minimum atomic E-state index is -3.48. The maximum Gasteiger partial charge on any atom is 0.243 e. The van der Waals surface area contributed by atoms with Gasteiger partial charge in [-0.25, -0.2) is 8.42 Å². The Hall–Kier alpha value is -1.63. The highest BCUT2D eigenvalue weighted by Crippen LogP contribution is 2.32. The van der Waals surface area contributed by atoms with Crippen molar-refractivity contribution >= 4 is 20.8 Å². The Labute approximate surface area is 130 Å². The molecule has 0 saturated carbocycles. The normalized spacial score (nSPS) is 16.8. The first-order chi connectivity index (χ1) is 10.6. The summed E-state index contributed by atoms with van der Waals surface area (Å²) in [6, 6.07) is 10.9. The van der Waals surface area contributed by atoms with Gasteiger partial charge in [-0.05, 0) is 19.1 Å². The topological polar surface area (TPSA) is 58.6 Å². The Bertz CT molecular complexity index is 768. The van der Waals surface area contributed by atoms with E-state index in [-0.39, 0.29) is 0 Å². The average Bonchev–Trinajstić information content (AvgIpc) is 2.56. The van der Waals surface area contributed by atoms with Gasteiger partial charge in [0.15, 0.2) is 0 Å². The molecule has 1 aliphatic rings. The largest absolute Gasteiger partial charge is 0.493 e. The standard InChI is InChI=1S/C16H20N2O3S/c1-2-21-15-7-8-16(14-6-4-3-5-13(14)15)22(19,20)18-11-9-17-10-12-18/h3-8,17H,2,9-12H2,1H3. The summed E-state index contributed by atoms with van der Waals surface area (Å²) >= 11 is 0. The minimum absolute atomic E-state index is 0.355. The van der Waals surface area contributed by atoms with E-state index in [0.717, 1.165) is 11.1 Å². The Kier molecular flexibility index (Phi) is 4.33. The molecule has 0 unspecified atom stereocenters. The molecule has 6 heteroatoms. The first-order valence-electron chi connectivity index (χ1n) is 7.50. The highest BCUT2D eigenvalue weighted by molar-refractivity contribution is 7.89. The van der Waals surface area contributed by atoms with E-state index in [1.54, 1.807) is 16.4 Å². The lowest BCUT2D eigenvalue weighted by Crippen LogP contribution is -2.46. The van der Waals surface area contributed by atoms with Gasteiger partial charge >= 0.3 is 0 Å². The zero-order valence-corrected chi connectivity index (χ0v) is 13.4. The number of hydrogen-bond donors (Lipinski definition) is 1. The van der Waals surface area contributed by atoms with Gasteiger partial charge in [0.1, 0.15) is 5.75 Å². The molecule has 22 heavy (non-hydrogen) atoms. The van der Waals surface area contributed by atoms with Crippen LogP contribution >= 0.6 is 0 Å². The summed E-state index contributed by atoms with van der Waals surface area (Å²) in [6.07, 6.45) is 0. The van der Waals surface area contributed by atoms with E-state index in [1.807, 2.05) is 31.2 Å². The fourth-order valence-electron chi connectivity index (χ4n) is 2.77. The molecule has 2 aromatic rings. The van der Waals surface area contributed by atoms with E-state index in [2.05, 4.69) is 5.32 Å². The Morgan fingerprint density at radius 1 is 1.09 bits per heavy atom. The summed E-state index contributed by atoms with van der Waals surface area (Å²) < 4.78 is 33.0. The molecule has 0 aromatic heterocycles. The second-order valence-electron chi connectivity index (χ2n) is 5.19. The Morgan fingerprint density at radius 3 is 2.45 bits per heavy atom. The van der Waals surface area contributed by atoms with Crippen molar-refractivity contribution in [1.82, 2.24) is 9.62 Å². The number of nitrogens with one attached hydrogen (secondary N) is 1. The van der Waals surface area contributed by atoms with Gasteiger partial charge in [-0.3, -0.25) is 0 Å². The number of sulfonamides is 1. The summed E-state index contributed by atoms with van der Waals surface area (Å²) in [5, 5.41) is 4.72. The number of fused-ring (bicyclic) bond motifs is 1. The quantitative estimate of drug-likeness (QED) is 0.934. The number of hydrogen-bond acceptors (Lipinski definition) is 4. The van der Waals surface area contributed by atoms with Crippen molar-refractivity contribution in [2.45, 2.75) is 11.8 Å². The van der Waals surface area contributed by atoms with Gasteiger partial charge in [0, 0.05) is 37.0 Å².